The lowest BCUT2D eigenvalue weighted by molar-refractivity contribution is 0.143. The molecule has 1 aromatic heterocycles. The van der Waals surface area contributed by atoms with Crippen LogP contribution in [0.15, 0.2) is 12.4 Å². The second-order valence-electron chi connectivity index (χ2n) is 4.54. The number of hydrogen-bond donors (Lipinski definition) is 0. The van der Waals surface area contributed by atoms with E-state index in [9.17, 15) is 0 Å². The molecule has 3 nitrogen and oxygen atoms in total. The van der Waals surface area contributed by atoms with Gasteiger partial charge in [0.15, 0.2) is 0 Å². The topological polar surface area (TPSA) is 21.1 Å². The molecule has 0 unspecified atom stereocenters. The Bertz CT molecular complexity index is 288. The molecular weight excluding hydrogens is 174 g/mol. The van der Waals surface area contributed by atoms with E-state index in [1.54, 1.807) is 0 Å². The predicted molar refractivity (Wildman–Crippen MR) is 59.0 cm³/mol. The first-order valence-electron chi connectivity index (χ1n) is 5.14. The summed E-state index contributed by atoms with van der Waals surface area (Å²) in [4.78, 5) is 2.37. The molecule has 0 bridgehead atoms. The van der Waals surface area contributed by atoms with Crippen molar-refractivity contribution in [2.75, 3.05) is 7.05 Å². The number of hydrogen-bond acceptors (Lipinski definition) is 2. The maximum absolute atomic E-state index is 4.17. The first-order chi connectivity index (χ1) is 6.45. The molecule has 1 aromatic rings. The average molecular weight is 195 g/mol. The number of nitrogens with zero attached hydrogens (tertiary/aromatic N) is 3. The van der Waals surface area contributed by atoms with Crippen LogP contribution in [0.5, 0.6) is 0 Å². The smallest absolute Gasteiger partial charge is 0.0534 e. The molecule has 80 valence electrons. The van der Waals surface area contributed by atoms with E-state index in [1.165, 1.54) is 5.56 Å². The first kappa shape index (κ1) is 11.2. The van der Waals surface area contributed by atoms with Crippen LogP contribution in [0.1, 0.15) is 32.8 Å². The van der Waals surface area contributed by atoms with Crippen molar-refractivity contribution < 1.29 is 0 Å². The molecule has 3 heteroatoms. The van der Waals surface area contributed by atoms with E-state index < -0.39 is 0 Å². The van der Waals surface area contributed by atoms with Crippen molar-refractivity contribution in [1.82, 2.24) is 14.7 Å². The van der Waals surface area contributed by atoms with Gasteiger partial charge in [-0.05, 0) is 27.3 Å². The van der Waals surface area contributed by atoms with Gasteiger partial charge in [-0.15, -0.1) is 0 Å². The van der Waals surface area contributed by atoms with E-state index in [4.69, 9.17) is 0 Å². The highest BCUT2D eigenvalue weighted by Crippen LogP contribution is 2.18. The fourth-order valence-corrected chi connectivity index (χ4v) is 1.31. The van der Waals surface area contributed by atoms with Crippen molar-refractivity contribution in [2.45, 2.75) is 39.3 Å². The third kappa shape index (κ3) is 2.58. The van der Waals surface area contributed by atoms with Crippen molar-refractivity contribution in [3.8, 4) is 0 Å². The first-order valence-corrected chi connectivity index (χ1v) is 5.14. The van der Waals surface area contributed by atoms with E-state index >= 15 is 0 Å². The summed E-state index contributed by atoms with van der Waals surface area (Å²) in [6, 6.07) is 0. The van der Waals surface area contributed by atoms with E-state index in [2.05, 4.69) is 44.0 Å². The Balaban J connectivity index is 2.61. The monoisotopic (exact) mass is 195 g/mol. The molecule has 0 fully saturated rings. The van der Waals surface area contributed by atoms with Crippen molar-refractivity contribution in [3.63, 3.8) is 0 Å². The fourth-order valence-electron chi connectivity index (χ4n) is 1.31. The van der Waals surface area contributed by atoms with E-state index in [-0.39, 0.29) is 5.54 Å². The van der Waals surface area contributed by atoms with Crippen LogP contribution in [0.4, 0.5) is 0 Å². The number of aryl methyl sites for hydroxylation is 1. The Hall–Kier alpha value is -0.830. The molecule has 0 aliphatic heterocycles. The Morgan fingerprint density at radius 2 is 2.14 bits per heavy atom. The quantitative estimate of drug-likeness (QED) is 0.733. The Morgan fingerprint density at radius 1 is 1.50 bits per heavy atom. The van der Waals surface area contributed by atoms with Crippen LogP contribution in [-0.4, -0.2) is 27.3 Å². The standard InChI is InChI=1S/C11H21N3/c1-6-11(2,3)13(4)8-10-7-12-14(5)9-10/h7,9H,6,8H2,1-5H3. The highest BCUT2D eigenvalue weighted by molar-refractivity contribution is 5.04. The summed E-state index contributed by atoms with van der Waals surface area (Å²) in [5, 5.41) is 4.17. The normalized spacial score (nSPS) is 12.4. The van der Waals surface area contributed by atoms with Crippen LogP contribution in [0.25, 0.3) is 0 Å². The molecule has 0 amide bonds. The molecule has 0 atom stereocenters. The van der Waals surface area contributed by atoms with Gasteiger partial charge in [-0.25, -0.2) is 0 Å². The molecule has 0 N–H and O–H groups in total. The lowest BCUT2D eigenvalue weighted by Crippen LogP contribution is -2.39. The summed E-state index contributed by atoms with van der Waals surface area (Å²) in [5.41, 5.74) is 1.53. The fraction of sp³-hybridized carbons (Fsp3) is 0.727. The summed E-state index contributed by atoms with van der Waals surface area (Å²) in [7, 11) is 4.12. The van der Waals surface area contributed by atoms with E-state index in [0.717, 1.165) is 13.0 Å². The number of rotatable bonds is 4. The van der Waals surface area contributed by atoms with Crippen molar-refractivity contribution in [1.29, 1.82) is 0 Å². The van der Waals surface area contributed by atoms with Crippen LogP contribution in [-0.2, 0) is 13.6 Å². The second kappa shape index (κ2) is 4.13. The average Bonchev–Trinajstić information content (AvgIpc) is 2.51. The highest BCUT2D eigenvalue weighted by atomic mass is 15.2. The zero-order valence-electron chi connectivity index (χ0n) is 9.91. The molecule has 1 rings (SSSR count). The Morgan fingerprint density at radius 3 is 2.57 bits per heavy atom. The molecule has 0 aromatic carbocycles. The maximum atomic E-state index is 4.17. The van der Waals surface area contributed by atoms with E-state index in [0.29, 0.717) is 0 Å². The molecule has 1 heterocycles. The van der Waals surface area contributed by atoms with E-state index in [1.807, 2.05) is 17.9 Å². The molecule has 0 aliphatic carbocycles. The largest absolute Gasteiger partial charge is 0.297 e. The minimum absolute atomic E-state index is 0.260. The predicted octanol–water partition coefficient (Wildman–Crippen LogP) is 2.04. The summed E-state index contributed by atoms with van der Waals surface area (Å²) < 4.78 is 1.85. The molecule has 0 radical (unpaired) electrons. The third-order valence-corrected chi connectivity index (χ3v) is 3.08. The zero-order chi connectivity index (χ0) is 10.8. The zero-order valence-corrected chi connectivity index (χ0v) is 9.91. The van der Waals surface area contributed by atoms with Crippen LogP contribution in [0.3, 0.4) is 0 Å². The molecular formula is C11H21N3. The van der Waals surface area contributed by atoms with Gasteiger partial charge in [-0.2, -0.15) is 5.10 Å². The lowest BCUT2D eigenvalue weighted by atomic mass is 10.00. The SMILES string of the molecule is CCC(C)(C)N(C)Cc1cnn(C)c1. The van der Waals surface area contributed by atoms with Gasteiger partial charge in [-0.1, -0.05) is 6.92 Å². The molecule has 0 spiro atoms. The highest BCUT2D eigenvalue weighted by Gasteiger charge is 2.21. The van der Waals surface area contributed by atoms with Gasteiger partial charge in [0.1, 0.15) is 0 Å². The molecule has 0 saturated heterocycles. The summed E-state index contributed by atoms with van der Waals surface area (Å²) in [6.45, 7) is 7.72. The number of aromatic nitrogens is 2. The van der Waals surface area contributed by atoms with Crippen LogP contribution < -0.4 is 0 Å². The van der Waals surface area contributed by atoms with Gasteiger partial charge >= 0.3 is 0 Å². The van der Waals surface area contributed by atoms with Gasteiger partial charge in [0.25, 0.3) is 0 Å². The second-order valence-corrected chi connectivity index (χ2v) is 4.54. The molecule has 0 aliphatic rings. The Labute approximate surface area is 86.7 Å². The summed E-state index contributed by atoms with van der Waals surface area (Å²) in [6.07, 6.45) is 5.16. The van der Waals surface area contributed by atoms with Crippen LogP contribution >= 0.6 is 0 Å². The minimum Gasteiger partial charge on any atom is -0.297 e. The van der Waals surface area contributed by atoms with Crippen LogP contribution in [0, 0.1) is 0 Å². The van der Waals surface area contributed by atoms with Crippen molar-refractivity contribution in [3.05, 3.63) is 18.0 Å². The van der Waals surface area contributed by atoms with Gasteiger partial charge < -0.3 is 0 Å². The van der Waals surface area contributed by atoms with Gasteiger partial charge in [0.2, 0.25) is 0 Å². The minimum atomic E-state index is 0.260. The lowest BCUT2D eigenvalue weighted by Gasteiger charge is -2.34. The Kier molecular flexibility index (Phi) is 3.32. The maximum Gasteiger partial charge on any atom is 0.0534 e. The van der Waals surface area contributed by atoms with Crippen molar-refractivity contribution in [2.24, 2.45) is 7.05 Å². The van der Waals surface area contributed by atoms with Crippen molar-refractivity contribution >= 4 is 0 Å². The molecule has 14 heavy (non-hydrogen) atoms. The van der Waals surface area contributed by atoms with Gasteiger partial charge in [-0.3, -0.25) is 9.58 Å². The molecule has 0 saturated carbocycles. The van der Waals surface area contributed by atoms with Crippen LogP contribution in [0.2, 0.25) is 0 Å². The summed E-state index contributed by atoms with van der Waals surface area (Å²) >= 11 is 0. The van der Waals surface area contributed by atoms with Gasteiger partial charge in [0, 0.05) is 30.9 Å². The van der Waals surface area contributed by atoms with Gasteiger partial charge in [0.05, 0.1) is 6.20 Å². The third-order valence-electron chi connectivity index (χ3n) is 3.08. The summed E-state index contributed by atoms with van der Waals surface area (Å²) in [5.74, 6) is 0.